The molecule has 1 aromatic rings. The van der Waals surface area contributed by atoms with Crippen LogP contribution in [0.5, 0.6) is 0 Å². The lowest BCUT2D eigenvalue weighted by molar-refractivity contribution is -0.301. The van der Waals surface area contributed by atoms with Crippen LogP contribution in [0, 0.1) is 0 Å². The van der Waals surface area contributed by atoms with E-state index in [0.29, 0.717) is 18.4 Å². The maximum atomic E-state index is 11.5. The first kappa shape index (κ1) is 35.6. The van der Waals surface area contributed by atoms with Gasteiger partial charge in [-0.1, -0.05) is 109 Å². The van der Waals surface area contributed by atoms with Gasteiger partial charge in [-0.2, -0.15) is 4.89 Å². The number of hydrogen-bond donors (Lipinski definition) is 0. The van der Waals surface area contributed by atoms with Crippen molar-refractivity contribution in [1.82, 2.24) is 0 Å². The summed E-state index contributed by atoms with van der Waals surface area (Å²) in [7, 11) is 0. The molecule has 0 heterocycles. The van der Waals surface area contributed by atoms with Gasteiger partial charge >= 0.3 is 17.9 Å². The Morgan fingerprint density at radius 2 is 0.974 bits per heavy atom. The Labute approximate surface area is 230 Å². The molecule has 7 heteroatoms. The van der Waals surface area contributed by atoms with E-state index in [1.807, 2.05) is 26.8 Å². The van der Waals surface area contributed by atoms with Gasteiger partial charge in [0, 0.05) is 0 Å². The molecule has 1 aromatic carbocycles. The van der Waals surface area contributed by atoms with Crippen molar-refractivity contribution in [2.45, 2.75) is 143 Å². The quantitative estimate of drug-likeness (QED) is 0.105. The van der Waals surface area contributed by atoms with Gasteiger partial charge in [0.1, 0.15) is 5.60 Å². The van der Waals surface area contributed by atoms with Crippen LogP contribution in [0.2, 0.25) is 0 Å². The van der Waals surface area contributed by atoms with E-state index in [9.17, 15) is 14.4 Å². The van der Waals surface area contributed by atoms with E-state index in [0.717, 1.165) is 38.5 Å². The zero-order valence-corrected chi connectivity index (χ0v) is 24.6. The summed E-state index contributed by atoms with van der Waals surface area (Å²) in [4.78, 5) is 53.0. The van der Waals surface area contributed by atoms with E-state index >= 15 is 0 Å². The second-order valence-corrected chi connectivity index (χ2v) is 10.6. The minimum atomic E-state index is -0.482. The highest BCUT2D eigenvalue weighted by Gasteiger charge is 2.16. The average molecular weight is 537 g/mol. The third kappa shape index (κ3) is 24.0. The number of carbonyl (C=O) groups excluding carboxylic acids is 3. The standard InChI is InChI=1S/C20H38O4.C11H14O3/c1-3-5-7-9-11-13-15-17-19(21)23-24-20(22)18-16-14-12-10-8-6-4-2;1-11(2,3)14-13-10(12)9-7-5-4-6-8-9/h3-18H2,1-2H3;4-8H,1-3H3. The molecule has 1 rings (SSSR count). The molecule has 0 atom stereocenters. The highest BCUT2D eigenvalue weighted by atomic mass is 17.2. The van der Waals surface area contributed by atoms with Gasteiger partial charge in [-0.25, -0.2) is 24.2 Å². The van der Waals surface area contributed by atoms with Gasteiger partial charge in [0.25, 0.3) is 0 Å². The largest absolute Gasteiger partial charge is 0.373 e. The average Bonchev–Trinajstić information content (AvgIpc) is 2.90. The fourth-order valence-corrected chi connectivity index (χ4v) is 3.41. The first-order chi connectivity index (χ1) is 18.2. The Hall–Kier alpha value is -2.41. The molecular weight excluding hydrogens is 484 g/mol. The molecule has 7 nitrogen and oxygen atoms in total. The molecule has 0 unspecified atom stereocenters. The molecule has 0 fully saturated rings. The molecule has 0 saturated carbocycles. The predicted molar refractivity (Wildman–Crippen MR) is 150 cm³/mol. The summed E-state index contributed by atoms with van der Waals surface area (Å²) < 4.78 is 0. The molecule has 0 saturated heterocycles. The lowest BCUT2D eigenvalue weighted by atomic mass is 10.1. The van der Waals surface area contributed by atoms with Crippen LogP contribution in [0.25, 0.3) is 0 Å². The van der Waals surface area contributed by atoms with Gasteiger partial charge in [-0.05, 0) is 45.7 Å². The summed E-state index contributed by atoms with van der Waals surface area (Å²) in [6.45, 7) is 9.83. The van der Waals surface area contributed by atoms with Crippen molar-refractivity contribution in [1.29, 1.82) is 0 Å². The second-order valence-electron chi connectivity index (χ2n) is 10.6. The lowest BCUT2D eigenvalue weighted by Gasteiger charge is -2.16. The fraction of sp³-hybridized carbons (Fsp3) is 0.710. The molecule has 38 heavy (non-hydrogen) atoms. The Bertz CT molecular complexity index is 695. The van der Waals surface area contributed by atoms with Crippen molar-refractivity contribution >= 4 is 17.9 Å². The van der Waals surface area contributed by atoms with Crippen LogP contribution in [0.3, 0.4) is 0 Å². The Balaban J connectivity index is 0.000000824. The van der Waals surface area contributed by atoms with E-state index in [1.165, 1.54) is 51.4 Å². The lowest BCUT2D eigenvalue weighted by Crippen LogP contribution is -2.21. The topological polar surface area (TPSA) is 88.1 Å². The van der Waals surface area contributed by atoms with Gasteiger partial charge < -0.3 is 0 Å². The molecule has 0 aliphatic carbocycles. The summed E-state index contributed by atoms with van der Waals surface area (Å²) in [5.74, 6) is -1.34. The number of carbonyl (C=O) groups is 3. The summed E-state index contributed by atoms with van der Waals surface area (Å²) in [6.07, 6.45) is 16.7. The summed E-state index contributed by atoms with van der Waals surface area (Å²) in [5.41, 5.74) is 0.00140. The molecule has 0 aromatic heterocycles. The van der Waals surface area contributed by atoms with E-state index in [-0.39, 0.29) is 0 Å². The summed E-state index contributed by atoms with van der Waals surface area (Å²) in [5, 5.41) is 0. The number of unbranched alkanes of at least 4 members (excludes halogenated alkanes) is 12. The van der Waals surface area contributed by atoms with Crippen molar-refractivity contribution in [3.8, 4) is 0 Å². The van der Waals surface area contributed by atoms with Crippen LogP contribution < -0.4 is 0 Å². The van der Waals surface area contributed by atoms with Crippen molar-refractivity contribution in [3.05, 3.63) is 35.9 Å². The molecule has 0 bridgehead atoms. The first-order valence-corrected chi connectivity index (χ1v) is 14.5. The molecule has 0 radical (unpaired) electrons. The molecule has 0 amide bonds. The van der Waals surface area contributed by atoms with Crippen LogP contribution in [0.1, 0.15) is 148 Å². The third-order valence-corrected chi connectivity index (χ3v) is 5.57. The maximum Gasteiger partial charge on any atom is 0.373 e. The SMILES string of the molecule is CC(C)(C)OOC(=O)c1ccccc1.CCCCCCCCCC(=O)OOC(=O)CCCCCCCCC. The predicted octanol–water partition coefficient (Wildman–Crippen LogP) is 8.84. The van der Waals surface area contributed by atoms with Gasteiger partial charge in [-0.3, -0.25) is 4.89 Å². The Morgan fingerprint density at radius 1 is 0.579 bits per heavy atom. The van der Waals surface area contributed by atoms with Crippen LogP contribution >= 0.6 is 0 Å². The number of hydrogen-bond acceptors (Lipinski definition) is 7. The zero-order chi connectivity index (χ0) is 28.5. The van der Waals surface area contributed by atoms with E-state index in [2.05, 4.69) is 28.5 Å². The molecule has 0 aliphatic rings. The molecule has 218 valence electrons. The van der Waals surface area contributed by atoms with Crippen LogP contribution in [-0.2, 0) is 29.1 Å². The third-order valence-electron chi connectivity index (χ3n) is 5.57. The molecule has 0 spiro atoms. The van der Waals surface area contributed by atoms with Crippen LogP contribution in [-0.4, -0.2) is 23.5 Å². The Morgan fingerprint density at radius 3 is 1.37 bits per heavy atom. The van der Waals surface area contributed by atoms with Gasteiger partial charge in [0.2, 0.25) is 0 Å². The van der Waals surface area contributed by atoms with Crippen molar-refractivity contribution in [3.63, 3.8) is 0 Å². The number of rotatable bonds is 18. The summed E-state index contributed by atoms with van der Waals surface area (Å²) in [6, 6.07) is 8.73. The van der Waals surface area contributed by atoms with Crippen molar-refractivity contribution < 1.29 is 33.9 Å². The highest BCUT2D eigenvalue weighted by Crippen LogP contribution is 2.11. The van der Waals surface area contributed by atoms with Crippen molar-refractivity contribution in [2.24, 2.45) is 0 Å². The van der Waals surface area contributed by atoms with Gasteiger partial charge in [0.05, 0.1) is 18.4 Å². The molecule has 0 N–H and O–H groups in total. The minimum Gasteiger partial charge on any atom is -0.292 e. The van der Waals surface area contributed by atoms with Crippen LogP contribution in [0.4, 0.5) is 0 Å². The summed E-state index contributed by atoms with van der Waals surface area (Å²) >= 11 is 0. The van der Waals surface area contributed by atoms with Gasteiger partial charge in [0.15, 0.2) is 0 Å². The monoisotopic (exact) mass is 536 g/mol. The minimum absolute atomic E-state index is 0.332. The highest BCUT2D eigenvalue weighted by molar-refractivity contribution is 5.88. The maximum absolute atomic E-state index is 11.5. The van der Waals surface area contributed by atoms with E-state index in [1.54, 1.807) is 24.3 Å². The van der Waals surface area contributed by atoms with Crippen molar-refractivity contribution in [2.75, 3.05) is 0 Å². The second kappa shape index (κ2) is 23.7. The zero-order valence-electron chi connectivity index (χ0n) is 24.6. The molecule has 0 aliphatic heterocycles. The fourth-order valence-electron chi connectivity index (χ4n) is 3.41. The first-order valence-electron chi connectivity index (χ1n) is 14.5. The smallest absolute Gasteiger partial charge is 0.292 e. The Kier molecular flexibility index (Phi) is 22.2. The normalized spacial score (nSPS) is 10.8. The number of benzene rings is 1. The van der Waals surface area contributed by atoms with E-state index in [4.69, 9.17) is 4.89 Å². The van der Waals surface area contributed by atoms with Gasteiger partial charge in [-0.15, -0.1) is 0 Å². The van der Waals surface area contributed by atoms with Crippen LogP contribution in [0.15, 0.2) is 30.3 Å². The molecular formula is C31H52O7. The van der Waals surface area contributed by atoms with E-state index < -0.39 is 23.5 Å².